The van der Waals surface area contributed by atoms with Gasteiger partial charge < -0.3 is 15.3 Å². The van der Waals surface area contributed by atoms with Crippen LogP contribution in [0.3, 0.4) is 0 Å². The van der Waals surface area contributed by atoms with Gasteiger partial charge in [0.15, 0.2) is 9.84 Å². The summed E-state index contributed by atoms with van der Waals surface area (Å²) in [5, 5.41) is 12.7. The summed E-state index contributed by atoms with van der Waals surface area (Å²) in [5.41, 5.74) is -1.28. The molecular weight excluding hydrogens is 409 g/mol. The van der Waals surface area contributed by atoms with Crippen LogP contribution in [0.5, 0.6) is 0 Å². The van der Waals surface area contributed by atoms with Gasteiger partial charge in [-0.25, -0.2) is 13.2 Å². The summed E-state index contributed by atoms with van der Waals surface area (Å²) in [4.78, 5) is 14.0. The van der Waals surface area contributed by atoms with Crippen molar-refractivity contribution in [3.63, 3.8) is 0 Å². The van der Waals surface area contributed by atoms with E-state index in [4.69, 9.17) is 0 Å². The van der Waals surface area contributed by atoms with Gasteiger partial charge in [-0.2, -0.15) is 13.2 Å². The molecule has 2 aliphatic heterocycles. The van der Waals surface area contributed by atoms with Crippen molar-refractivity contribution in [2.24, 2.45) is 5.41 Å². The van der Waals surface area contributed by atoms with Gasteiger partial charge in [0.1, 0.15) is 0 Å². The zero-order valence-corrected chi connectivity index (χ0v) is 16.7. The Bertz CT molecular complexity index is 849. The summed E-state index contributed by atoms with van der Waals surface area (Å²) < 4.78 is 62.9. The number of carbonyl (C=O) groups excluding carboxylic acids is 1. The second-order valence-corrected chi connectivity index (χ2v) is 10.3. The van der Waals surface area contributed by atoms with Crippen molar-refractivity contribution in [2.45, 2.75) is 37.9 Å². The van der Waals surface area contributed by atoms with Crippen LogP contribution in [0.4, 0.5) is 18.0 Å². The molecule has 0 unspecified atom stereocenters. The van der Waals surface area contributed by atoms with Crippen molar-refractivity contribution in [1.82, 2.24) is 10.2 Å². The topological polar surface area (TPSA) is 86.7 Å². The highest BCUT2D eigenvalue weighted by molar-refractivity contribution is 7.91. The molecule has 1 atom stereocenters. The minimum absolute atomic E-state index is 0.0597. The van der Waals surface area contributed by atoms with Crippen LogP contribution < -0.4 is 5.32 Å². The smallest absolute Gasteiger partial charge is 0.396 e. The first-order valence-corrected chi connectivity index (χ1v) is 11.4. The summed E-state index contributed by atoms with van der Waals surface area (Å²) in [7, 11) is -3.10. The second-order valence-electron chi connectivity index (χ2n) is 8.03. The van der Waals surface area contributed by atoms with Crippen molar-refractivity contribution < 1.29 is 31.5 Å². The third-order valence-corrected chi connectivity index (χ3v) is 7.66. The second kappa shape index (κ2) is 8.14. The van der Waals surface area contributed by atoms with Crippen molar-refractivity contribution in [1.29, 1.82) is 0 Å². The molecular formula is C19H25F3N2O4S. The summed E-state index contributed by atoms with van der Waals surface area (Å²) in [5.74, 6) is -0.00836. The number of sulfone groups is 1. The van der Waals surface area contributed by atoms with E-state index in [1.807, 2.05) is 0 Å². The lowest BCUT2D eigenvalue weighted by molar-refractivity contribution is -0.138. The molecule has 2 N–H and O–H groups in total. The van der Waals surface area contributed by atoms with Crippen LogP contribution in [0.1, 0.15) is 30.4 Å². The zero-order valence-electron chi connectivity index (χ0n) is 15.9. The fraction of sp³-hybridized carbons (Fsp3) is 0.632. The van der Waals surface area contributed by atoms with E-state index >= 15 is 0 Å². The number of urea groups is 1. The Morgan fingerprint density at radius 3 is 2.45 bits per heavy atom. The van der Waals surface area contributed by atoms with Gasteiger partial charge in [0.05, 0.1) is 17.1 Å². The lowest BCUT2D eigenvalue weighted by Crippen LogP contribution is -2.51. The van der Waals surface area contributed by atoms with Crippen LogP contribution in [0.25, 0.3) is 0 Å². The van der Waals surface area contributed by atoms with Crippen LogP contribution in [0, 0.1) is 5.41 Å². The number of nitrogens with one attached hydrogen (secondary N) is 1. The summed E-state index contributed by atoms with van der Waals surface area (Å²) >= 11 is 0. The lowest BCUT2D eigenvalue weighted by atomic mass is 9.73. The number of nitrogens with zero attached hydrogens (tertiary/aromatic N) is 1. The fourth-order valence-corrected chi connectivity index (χ4v) is 5.78. The molecule has 1 aromatic carbocycles. The van der Waals surface area contributed by atoms with E-state index in [-0.39, 0.29) is 36.1 Å². The first-order valence-electron chi connectivity index (χ1n) is 9.55. The highest BCUT2D eigenvalue weighted by atomic mass is 32.2. The largest absolute Gasteiger partial charge is 0.416 e. The van der Waals surface area contributed by atoms with Crippen LogP contribution in [-0.4, -0.2) is 61.7 Å². The number of amides is 2. The molecule has 0 bridgehead atoms. The van der Waals surface area contributed by atoms with Gasteiger partial charge in [-0.3, -0.25) is 0 Å². The molecule has 2 aliphatic rings. The molecule has 2 fully saturated rings. The van der Waals surface area contributed by atoms with Crippen molar-refractivity contribution in [3.05, 3.63) is 35.4 Å². The number of hydrogen-bond donors (Lipinski definition) is 2. The summed E-state index contributed by atoms with van der Waals surface area (Å²) in [6.45, 7) is 0.315. The van der Waals surface area contributed by atoms with Gasteiger partial charge in [-0.1, -0.05) is 18.2 Å². The van der Waals surface area contributed by atoms with E-state index in [1.54, 1.807) is 6.07 Å². The molecule has 2 amide bonds. The maximum atomic E-state index is 13.3. The van der Waals surface area contributed by atoms with Crippen molar-refractivity contribution in [3.8, 4) is 0 Å². The molecule has 2 saturated heterocycles. The Balaban J connectivity index is 1.63. The van der Waals surface area contributed by atoms with Crippen LogP contribution in [0.2, 0.25) is 0 Å². The number of aliphatic hydroxyl groups excluding tert-OH is 1. The molecule has 0 aliphatic carbocycles. The third-order valence-electron chi connectivity index (χ3n) is 5.89. The van der Waals surface area contributed by atoms with E-state index in [2.05, 4.69) is 5.32 Å². The SMILES string of the molecule is O=C(N[C@H]1CCS(=O)(=O)C1)N1CCC(CO)(Cc2ccccc2C(F)(F)F)CC1. The first kappa shape index (κ1) is 21.9. The number of hydrogen-bond acceptors (Lipinski definition) is 4. The summed E-state index contributed by atoms with van der Waals surface area (Å²) in [6.07, 6.45) is -3.26. The number of alkyl halides is 3. The van der Waals surface area contributed by atoms with Gasteiger partial charge in [0.2, 0.25) is 0 Å². The van der Waals surface area contributed by atoms with Gasteiger partial charge in [-0.05, 0) is 37.3 Å². The highest BCUT2D eigenvalue weighted by Crippen LogP contribution is 2.39. The number of rotatable bonds is 4. The molecule has 10 heteroatoms. The minimum Gasteiger partial charge on any atom is -0.396 e. The maximum absolute atomic E-state index is 13.3. The van der Waals surface area contributed by atoms with E-state index in [0.717, 1.165) is 6.07 Å². The predicted molar refractivity (Wildman–Crippen MR) is 101 cm³/mol. The average molecular weight is 434 g/mol. The number of aliphatic hydroxyl groups is 1. The van der Waals surface area contributed by atoms with E-state index in [9.17, 15) is 31.5 Å². The van der Waals surface area contributed by atoms with Crippen LogP contribution >= 0.6 is 0 Å². The number of likely N-dealkylation sites (tertiary alicyclic amines) is 1. The van der Waals surface area contributed by atoms with E-state index in [1.165, 1.54) is 17.0 Å². The predicted octanol–water partition coefficient (Wildman–Crippen LogP) is 2.22. The zero-order chi connectivity index (χ0) is 21.3. The van der Waals surface area contributed by atoms with Crippen LogP contribution in [0.15, 0.2) is 24.3 Å². The lowest BCUT2D eigenvalue weighted by Gasteiger charge is -2.41. The maximum Gasteiger partial charge on any atom is 0.416 e. The number of piperidine rings is 1. The monoisotopic (exact) mass is 434 g/mol. The van der Waals surface area contributed by atoms with Gasteiger partial charge in [-0.15, -0.1) is 0 Å². The molecule has 162 valence electrons. The number of benzene rings is 1. The van der Waals surface area contributed by atoms with Gasteiger partial charge >= 0.3 is 12.2 Å². The molecule has 3 rings (SSSR count). The Kier molecular flexibility index (Phi) is 6.14. The molecule has 0 radical (unpaired) electrons. The van der Waals surface area contributed by atoms with Gasteiger partial charge in [0.25, 0.3) is 0 Å². The first-order chi connectivity index (χ1) is 13.5. The Hall–Kier alpha value is -1.81. The Morgan fingerprint density at radius 2 is 1.90 bits per heavy atom. The molecule has 2 heterocycles. The minimum atomic E-state index is -4.46. The summed E-state index contributed by atoms with van der Waals surface area (Å²) in [6, 6.07) is 4.59. The quantitative estimate of drug-likeness (QED) is 0.761. The molecule has 1 aromatic rings. The Morgan fingerprint density at radius 1 is 1.24 bits per heavy atom. The highest BCUT2D eigenvalue weighted by Gasteiger charge is 2.40. The Labute approximate surface area is 168 Å². The van der Waals surface area contributed by atoms with Crippen molar-refractivity contribution >= 4 is 15.9 Å². The standard InChI is InChI=1S/C19H25F3N2O4S/c20-19(21,22)16-4-2-1-3-14(16)11-18(13-25)6-8-24(9-7-18)17(26)23-15-5-10-29(27,28)12-15/h1-4,15,25H,5-13H2,(H,23,26)/t15-/m0/s1. The molecule has 0 saturated carbocycles. The molecule has 29 heavy (non-hydrogen) atoms. The third kappa shape index (κ3) is 5.22. The van der Waals surface area contributed by atoms with Crippen LogP contribution in [-0.2, 0) is 22.4 Å². The normalized spacial score (nSPS) is 23.7. The van der Waals surface area contributed by atoms with E-state index < -0.39 is 33.0 Å². The number of carbonyl (C=O) groups is 1. The average Bonchev–Trinajstić information content (AvgIpc) is 3.00. The van der Waals surface area contributed by atoms with Gasteiger partial charge in [0, 0.05) is 31.2 Å². The fourth-order valence-electron chi connectivity index (χ4n) is 4.10. The molecule has 0 aromatic heterocycles. The molecule has 6 nitrogen and oxygen atoms in total. The van der Waals surface area contributed by atoms with E-state index in [0.29, 0.717) is 32.4 Å². The number of halogens is 3. The molecule has 0 spiro atoms. The van der Waals surface area contributed by atoms with Crippen molar-refractivity contribution in [2.75, 3.05) is 31.2 Å².